The molecule has 0 aliphatic carbocycles. The Kier molecular flexibility index (Phi) is 7.12. The van der Waals surface area contributed by atoms with Gasteiger partial charge in [-0.3, -0.25) is 4.79 Å². The van der Waals surface area contributed by atoms with E-state index in [1.54, 1.807) is 25.1 Å². The van der Waals surface area contributed by atoms with E-state index in [0.717, 1.165) is 5.56 Å². The lowest BCUT2D eigenvalue weighted by atomic mass is 10.1. The Morgan fingerprint density at radius 2 is 1.84 bits per heavy atom. The Balaban J connectivity index is 1.96. The van der Waals surface area contributed by atoms with Gasteiger partial charge < -0.3 is 15.0 Å². The fourth-order valence-electron chi connectivity index (χ4n) is 2.43. The highest BCUT2D eigenvalue weighted by atomic mass is 35.5. The van der Waals surface area contributed by atoms with Crippen molar-refractivity contribution in [1.29, 1.82) is 0 Å². The molecule has 0 unspecified atom stereocenters. The Morgan fingerprint density at radius 3 is 2.44 bits per heavy atom. The van der Waals surface area contributed by atoms with Crippen LogP contribution in [0.15, 0.2) is 48.5 Å². The van der Waals surface area contributed by atoms with Gasteiger partial charge in [0.25, 0.3) is 5.91 Å². The van der Waals surface area contributed by atoms with E-state index in [-0.39, 0.29) is 11.9 Å². The zero-order chi connectivity index (χ0) is 18.4. The number of amides is 1. The van der Waals surface area contributed by atoms with Crippen molar-refractivity contribution in [2.24, 2.45) is 0 Å². The van der Waals surface area contributed by atoms with Gasteiger partial charge in [-0.25, -0.2) is 0 Å². The minimum atomic E-state index is -0.669. The predicted molar refractivity (Wildman–Crippen MR) is 102 cm³/mol. The van der Waals surface area contributed by atoms with Gasteiger partial charge in [0.15, 0.2) is 6.10 Å². The van der Waals surface area contributed by atoms with Crippen molar-refractivity contribution >= 4 is 29.1 Å². The quantitative estimate of drug-likeness (QED) is 0.783. The lowest BCUT2D eigenvalue weighted by Gasteiger charge is -2.26. The highest BCUT2D eigenvalue weighted by Gasteiger charge is 2.19. The van der Waals surface area contributed by atoms with Gasteiger partial charge >= 0.3 is 0 Å². The summed E-state index contributed by atoms with van der Waals surface area (Å²) >= 11 is 11.9. The molecule has 25 heavy (non-hydrogen) atoms. The number of halogens is 2. The number of nitrogens with one attached hydrogen (secondary N) is 1. The topological polar surface area (TPSA) is 41.6 Å². The maximum atomic E-state index is 12.4. The number of ether oxygens (including phenoxy) is 1. The molecule has 0 spiro atoms. The number of benzene rings is 2. The summed E-state index contributed by atoms with van der Waals surface area (Å²) in [6.07, 6.45) is -0.669. The Labute approximate surface area is 158 Å². The average Bonchev–Trinajstić information content (AvgIpc) is 2.58. The van der Waals surface area contributed by atoms with Gasteiger partial charge in [0, 0.05) is 11.6 Å². The molecule has 4 nitrogen and oxygen atoms in total. The second-order valence-electron chi connectivity index (χ2n) is 5.97. The molecule has 0 saturated carbocycles. The number of hydrogen-bond donors (Lipinski definition) is 1. The SMILES string of the molecule is C[C@H](Oc1ccc(Cl)cc1Cl)C(=O)NC[C@H](c1ccccc1)N(C)C. The van der Waals surface area contributed by atoms with Crippen molar-refractivity contribution in [3.8, 4) is 5.75 Å². The van der Waals surface area contributed by atoms with Gasteiger partial charge in [-0.1, -0.05) is 53.5 Å². The number of nitrogens with zero attached hydrogens (tertiary/aromatic N) is 1. The average molecular weight is 381 g/mol. The van der Waals surface area contributed by atoms with Crippen LogP contribution in [0.25, 0.3) is 0 Å². The first-order valence-electron chi connectivity index (χ1n) is 7.99. The number of carbonyl (C=O) groups excluding carboxylic acids is 1. The van der Waals surface area contributed by atoms with Crippen molar-refractivity contribution in [1.82, 2.24) is 10.2 Å². The van der Waals surface area contributed by atoms with Crippen LogP contribution < -0.4 is 10.1 Å². The van der Waals surface area contributed by atoms with Crippen molar-refractivity contribution < 1.29 is 9.53 Å². The molecule has 0 saturated heterocycles. The molecular weight excluding hydrogens is 359 g/mol. The highest BCUT2D eigenvalue weighted by molar-refractivity contribution is 6.35. The molecule has 0 bridgehead atoms. The van der Waals surface area contributed by atoms with E-state index >= 15 is 0 Å². The lowest BCUT2D eigenvalue weighted by Crippen LogP contribution is -2.41. The fourth-order valence-corrected chi connectivity index (χ4v) is 2.88. The van der Waals surface area contributed by atoms with E-state index in [9.17, 15) is 4.79 Å². The van der Waals surface area contributed by atoms with Gasteiger partial charge in [-0.05, 0) is 44.8 Å². The monoisotopic (exact) mass is 380 g/mol. The van der Waals surface area contributed by atoms with E-state index in [1.807, 2.05) is 44.4 Å². The molecule has 2 aromatic carbocycles. The number of hydrogen-bond acceptors (Lipinski definition) is 3. The molecule has 2 aromatic rings. The third kappa shape index (κ3) is 5.63. The third-order valence-corrected chi connectivity index (χ3v) is 4.37. The molecule has 0 fully saturated rings. The predicted octanol–water partition coefficient (Wildman–Crippen LogP) is 4.18. The number of rotatable bonds is 7. The normalized spacial score (nSPS) is 13.4. The van der Waals surface area contributed by atoms with Crippen LogP contribution in [0.4, 0.5) is 0 Å². The lowest BCUT2D eigenvalue weighted by molar-refractivity contribution is -0.127. The maximum absolute atomic E-state index is 12.4. The van der Waals surface area contributed by atoms with Crippen molar-refractivity contribution in [2.45, 2.75) is 19.1 Å². The molecule has 0 aliphatic heterocycles. The summed E-state index contributed by atoms with van der Waals surface area (Å²) in [7, 11) is 3.97. The zero-order valence-corrected chi connectivity index (χ0v) is 16.0. The van der Waals surface area contributed by atoms with Crippen LogP contribution in [0, 0.1) is 0 Å². The second-order valence-corrected chi connectivity index (χ2v) is 6.81. The van der Waals surface area contributed by atoms with Gasteiger partial charge in [0.1, 0.15) is 5.75 Å². The van der Waals surface area contributed by atoms with E-state index in [1.165, 1.54) is 0 Å². The second kappa shape index (κ2) is 9.09. The molecule has 0 aliphatic rings. The fraction of sp³-hybridized carbons (Fsp3) is 0.316. The molecule has 0 aromatic heterocycles. The molecule has 0 heterocycles. The highest BCUT2D eigenvalue weighted by Crippen LogP contribution is 2.28. The molecule has 134 valence electrons. The van der Waals surface area contributed by atoms with Crippen LogP contribution in [0.2, 0.25) is 10.0 Å². The van der Waals surface area contributed by atoms with Gasteiger partial charge in [-0.15, -0.1) is 0 Å². The van der Waals surface area contributed by atoms with Crippen molar-refractivity contribution in [3.05, 3.63) is 64.1 Å². The summed E-state index contributed by atoms with van der Waals surface area (Å²) < 4.78 is 5.64. The van der Waals surface area contributed by atoms with Gasteiger partial charge in [0.2, 0.25) is 0 Å². The Hall–Kier alpha value is -1.75. The molecule has 1 N–H and O–H groups in total. The van der Waals surface area contributed by atoms with Crippen LogP contribution in [-0.2, 0) is 4.79 Å². The Bertz CT molecular complexity index is 708. The molecule has 2 atom stereocenters. The van der Waals surface area contributed by atoms with Crippen LogP contribution in [-0.4, -0.2) is 37.6 Å². The van der Waals surface area contributed by atoms with Crippen molar-refractivity contribution in [3.63, 3.8) is 0 Å². The molecule has 6 heteroatoms. The summed E-state index contributed by atoms with van der Waals surface area (Å²) in [4.78, 5) is 14.4. The first kappa shape index (κ1) is 19.6. The molecule has 1 amide bonds. The van der Waals surface area contributed by atoms with E-state index < -0.39 is 6.10 Å². The first-order valence-corrected chi connectivity index (χ1v) is 8.75. The van der Waals surface area contributed by atoms with Crippen LogP contribution in [0.3, 0.4) is 0 Å². The molecule has 2 rings (SSSR count). The summed E-state index contributed by atoms with van der Waals surface area (Å²) in [5.41, 5.74) is 1.14. The van der Waals surface area contributed by atoms with Crippen LogP contribution in [0.1, 0.15) is 18.5 Å². The standard InChI is InChI=1S/C19H22Cl2N2O2/c1-13(25-18-10-9-15(20)11-16(18)21)19(24)22-12-17(23(2)3)14-7-5-4-6-8-14/h4-11,13,17H,12H2,1-3H3,(H,22,24)/t13-,17+/m0/s1. The van der Waals surface area contributed by atoms with Crippen LogP contribution in [0.5, 0.6) is 5.75 Å². The largest absolute Gasteiger partial charge is 0.479 e. The zero-order valence-electron chi connectivity index (χ0n) is 14.5. The number of carbonyl (C=O) groups is 1. The number of likely N-dealkylation sites (N-methyl/N-ethyl adjacent to an activating group) is 1. The molecule has 0 radical (unpaired) electrons. The third-order valence-electron chi connectivity index (χ3n) is 3.84. The van der Waals surface area contributed by atoms with E-state index in [2.05, 4.69) is 10.2 Å². The van der Waals surface area contributed by atoms with Crippen LogP contribution >= 0.6 is 23.2 Å². The van der Waals surface area contributed by atoms with Gasteiger partial charge in [0.05, 0.1) is 11.1 Å². The van der Waals surface area contributed by atoms with E-state index in [4.69, 9.17) is 27.9 Å². The first-order chi connectivity index (χ1) is 11.9. The summed E-state index contributed by atoms with van der Waals surface area (Å²) in [5.74, 6) is 0.231. The molecular formula is C19H22Cl2N2O2. The maximum Gasteiger partial charge on any atom is 0.260 e. The Morgan fingerprint density at radius 1 is 1.16 bits per heavy atom. The minimum Gasteiger partial charge on any atom is -0.479 e. The van der Waals surface area contributed by atoms with E-state index in [0.29, 0.717) is 22.3 Å². The van der Waals surface area contributed by atoms with Gasteiger partial charge in [-0.2, -0.15) is 0 Å². The minimum absolute atomic E-state index is 0.0801. The summed E-state index contributed by atoms with van der Waals surface area (Å²) in [6, 6.07) is 15.0. The van der Waals surface area contributed by atoms with Crippen molar-refractivity contribution in [2.75, 3.05) is 20.6 Å². The summed E-state index contributed by atoms with van der Waals surface area (Å²) in [5, 5.41) is 3.84. The smallest absolute Gasteiger partial charge is 0.260 e. The summed E-state index contributed by atoms with van der Waals surface area (Å²) in [6.45, 7) is 2.17.